The average Bonchev–Trinajstić information content (AvgIpc) is 1.73. The number of hydrogen-bond acceptors (Lipinski definition) is 13. The highest BCUT2D eigenvalue weighted by Gasteiger charge is 2.53. The van der Waals surface area contributed by atoms with Gasteiger partial charge in [0.05, 0.1) is 38.6 Å². The Hall–Kier alpha value is -6.58. The fourth-order valence-corrected chi connectivity index (χ4v) is 17.8. The zero-order chi connectivity index (χ0) is 75.4. The third-order valence-corrected chi connectivity index (χ3v) is 24.3. The summed E-state index contributed by atoms with van der Waals surface area (Å²) >= 11 is 6.43. The molecule has 8 rings (SSSR count). The van der Waals surface area contributed by atoms with E-state index < -0.39 is 174 Å². The normalized spacial score (nSPS) is 30.7. The van der Waals surface area contributed by atoms with E-state index in [2.05, 4.69) is 16.0 Å². The molecule has 4 saturated carbocycles. The molecule has 0 aromatic carbocycles. The summed E-state index contributed by atoms with van der Waals surface area (Å²) < 4.78 is 47.8. The highest BCUT2D eigenvalue weighted by atomic mass is 35.5. The zero-order valence-electron chi connectivity index (χ0n) is 62.5. The average molecular weight is 1470 g/mol. The van der Waals surface area contributed by atoms with Gasteiger partial charge in [-0.1, -0.05) is 104 Å². The van der Waals surface area contributed by atoms with Crippen LogP contribution in [0.15, 0.2) is 12.2 Å². The number of amides is 12. The molecule has 12 amide bonds. The molecule has 3 N–H and O–H groups in total. The zero-order valence-corrected chi connectivity index (χ0v) is 63.2. The Morgan fingerprint density at radius 2 is 1.28 bits per heavy atom. The van der Waals surface area contributed by atoms with Crippen molar-refractivity contribution in [1.29, 1.82) is 0 Å². The number of morpholine rings is 1. The Kier molecular flexibility index (Phi) is 29.2. The number of nitrogens with one attached hydrogen (secondary N) is 3. The maximum absolute atomic E-state index is 15.7. The molecule has 0 radical (unpaired) electrons. The maximum Gasteiger partial charge on any atom is 0.393 e. The summed E-state index contributed by atoms with van der Waals surface area (Å²) in [7, 11) is 8.67. The number of likely N-dealkylation sites (N-methyl/N-ethyl adjacent to an activating group) is 6. The monoisotopic (exact) mass is 1470 g/mol. The molecule has 29 heteroatoms. The lowest BCUT2D eigenvalue weighted by molar-refractivity contribution is -0.182. The maximum atomic E-state index is 15.7. The molecule has 8 aliphatic rings. The molecule has 3 unspecified atom stereocenters. The van der Waals surface area contributed by atoms with Gasteiger partial charge in [0.15, 0.2) is 0 Å². The van der Waals surface area contributed by atoms with E-state index in [1.165, 1.54) is 86.4 Å². The summed E-state index contributed by atoms with van der Waals surface area (Å²) in [4.78, 5) is 193. The van der Waals surface area contributed by atoms with Crippen LogP contribution in [0.1, 0.15) is 188 Å². The Bertz CT molecular complexity index is 3070. The molecule has 12 atom stereocenters. The molecule has 578 valence electrons. The fourth-order valence-electron chi connectivity index (χ4n) is 17.2. The van der Waals surface area contributed by atoms with E-state index in [4.69, 9.17) is 16.3 Å². The minimum absolute atomic E-state index is 0.00198. The van der Waals surface area contributed by atoms with Crippen LogP contribution in [-0.2, 0) is 62.3 Å². The molecular formula is C74H116ClF3N12O13. The van der Waals surface area contributed by atoms with E-state index in [1.54, 1.807) is 19.1 Å². The van der Waals surface area contributed by atoms with E-state index in [0.29, 0.717) is 38.5 Å². The molecule has 7 fully saturated rings. The summed E-state index contributed by atoms with van der Waals surface area (Å²) in [6.07, 6.45) is 8.12. The standard InChI is InChI=1S/C74H116ClF3N12O13/c1-11-47(4)62-70(100)83(6)45-61(93)84(7)55-26-17-20-34-90(69(55)99)58(42-48-22-13-12-14-23-48)67(97)82(5)44-59(91)79-53(31-29-49-28-30-51(52(75)41-49)74(76,77)78)66(96)89-35-21-27-54(89)65(95)81-73(32-18-19-33-73)72(102)87(10)63(50-24-15-16-25-50)71(101)86(9)57(68(98)88-36-38-103-39-37-88)43-60(92)85(8)56(40-46(2)3)64(94)80-62/h17,20,46-58,62-63H,11-16,18-19,21-45H2,1-10H3,(H,79,91)(H,80,94)(H,81,95)/t47-,49?,51?,52?,53-,54-,55-,56-,57-,58-,62-,63-/m0/s1. The second kappa shape index (κ2) is 36.6. The van der Waals surface area contributed by atoms with E-state index in [9.17, 15) is 32.3 Å². The number of ether oxygens (including phenoxy) is 1. The van der Waals surface area contributed by atoms with Gasteiger partial charge in [0.2, 0.25) is 70.9 Å². The summed E-state index contributed by atoms with van der Waals surface area (Å²) in [6.45, 7) is 6.99. The first kappa shape index (κ1) is 82.1. The van der Waals surface area contributed by atoms with Crippen LogP contribution in [0.3, 0.4) is 0 Å². The molecule has 4 heterocycles. The van der Waals surface area contributed by atoms with Gasteiger partial charge in [-0.15, -0.1) is 11.6 Å². The molecule has 0 aromatic heterocycles. The lowest BCUT2D eigenvalue weighted by atomic mass is 9.78. The van der Waals surface area contributed by atoms with Crippen LogP contribution in [0.5, 0.6) is 0 Å². The highest BCUT2D eigenvalue weighted by molar-refractivity contribution is 6.21. The van der Waals surface area contributed by atoms with Crippen molar-refractivity contribution >= 4 is 82.5 Å². The van der Waals surface area contributed by atoms with Crippen molar-refractivity contribution in [2.45, 2.75) is 254 Å². The first-order chi connectivity index (χ1) is 48.8. The van der Waals surface area contributed by atoms with Crippen LogP contribution in [0.25, 0.3) is 0 Å². The van der Waals surface area contributed by atoms with E-state index in [1.807, 2.05) is 20.8 Å². The molecule has 1 spiro atoms. The number of fused-ring (bicyclic) bond motifs is 3. The van der Waals surface area contributed by atoms with Gasteiger partial charge in [0.25, 0.3) is 0 Å². The summed E-state index contributed by atoms with van der Waals surface area (Å²) in [5, 5.41) is 7.66. The lowest BCUT2D eigenvalue weighted by Gasteiger charge is -2.42. The third-order valence-electron chi connectivity index (χ3n) is 23.8. The number of rotatable bonds is 11. The van der Waals surface area contributed by atoms with Gasteiger partial charge in [0.1, 0.15) is 53.9 Å². The minimum atomic E-state index is -4.51. The summed E-state index contributed by atoms with van der Waals surface area (Å²) in [5.74, 6) is -10.7. The van der Waals surface area contributed by atoms with Gasteiger partial charge >= 0.3 is 6.18 Å². The van der Waals surface area contributed by atoms with Crippen molar-refractivity contribution in [1.82, 2.24) is 60.0 Å². The number of carbonyl (C=O) groups excluding carboxylic acids is 12. The lowest BCUT2D eigenvalue weighted by Crippen LogP contribution is -2.65. The number of alkyl halides is 4. The van der Waals surface area contributed by atoms with Crippen LogP contribution < -0.4 is 16.0 Å². The molecular weight excluding hydrogens is 1360 g/mol. The number of carbonyl (C=O) groups is 12. The SMILES string of the molecule is CC[C@H](C)[C@@H]1NC(=O)[C@H](CC(C)C)N(C)C(=O)C[C@@H](C(=O)N2CCOCC2)N(C)C(=O)[C@H](C2CCCC2)N(C)C(=O)C2(CCCC2)NC(=O)[C@@H]2CCCN2C(=O)[C@H](CCC2CCC(C(F)(F)F)C(Cl)C2)NC(=O)CN(C)C(=O)[C@H](CC2CCCCC2)N2CC=CC[C@@H](C2=O)N(C)C(=O)CN(C)C1=O. The largest absolute Gasteiger partial charge is 0.393 e. The highest BCUT2D eigenvalue weighted by Crippen LogP contribution is 2.44. The van der Waals surface area contributed by atoms with Gasteiger partial charge in [-0.3, -0.25) is 57.5 Å². The Balaban J connectivity index is 1.18. The molecule has 0 aromatic rings. The second-order valence-electron chi connectivity index (χ2n) is 31.4. The van der Waals surface area contributed by atoms with Crippen molar-refractivity contribution in [3.05, 3.63) is 12.2 Å². The smallest absolute Gasteiger partial charge is 0.378 e. The van der Waals surface area contributed by atoms with E-state index in [0.717, 1.165) is 44.9 Å². The predicted octanol–water partition coefficient (Wildman–Crippen LogP) is 5.64. The molecule has 25 nitrogen and oxygen atoms in total. The van der Waals surface area contributed by atoms with E-state index in [-0.39, 0.29) is 128 Å². The van der Waals surface area contributed by atoms with Gasteiger partial charge in [-0.05, 0) is 119 Å². The number of nitrogens with zero attached hydrogens (tertiary/aromatic N) is 9. The first-order valence-corrected chi connectivity index (χ1v) is 38.5. The molecule has 2 bridgehead atoms. The third kappa shape index (κ3) is 20.1. The minimum Gasteiger partial charge on any atom is -0.378 e. The van der Waals surface area contributed by atoms with Crippen molar-refractivity contribution in [3.8, 4) is 0 Å². The van der Waals surface area contributed by atoms with Crippen LogP contribution in [0.2, 0.25) is 0 Å². The Morgan fingerprint density at radius 1 is 0.631 bits per heavy atom. The van der Waals surface area contributed by atoms with Gasteiger partial charge in [-0.25, -0.2) is 0 Å². The Morgan fingerprint density at radius 3 is 1.91 bits per heavy atom. The summed E-state index contributed by atoms with van der Waals surface area (Å²) in [6, 6.07) is -9.81. The summed E-state index contributed by atoms with van der Waals surface area (Å²) in [5.41, 5.74) is -1.56. The number of halogens is 4. The quantitative estimate of drug-likeness (QED) is 0.167. The topological polar surface area (TPSA) is 279 Å². The van der Waals surface area contributed by atoms with Crippen LogP contribution in [0.4, 0.5) is 13.2 Å². The molecule has 3 saturated heterocycles. The van der Waals surface area contributed by atoms with Crippen LogP contribution in [-0.4, -0.2) is 275 Å². The van der Waals surface area contributed by atoms with Gasteiger partial charge < -0.3 is 64.8 Å². The van der Waals surface area contributed by atoms with Gasteiger partial charge in [0, 0.05) is 73.8 Å². The van der Waals surface area contributed by atoms with Crippen molar-refractivity contribution in [2.24, 2.45) is 35.5 Å². The molecule has 4 aliphatic heterocycles. The first-order valence-electron chi connectivity index (χ1n) is 38.1. The van der Waals surface area contributed by atoms with Gasteiger partial charge in [-0.2, -0.15) is 13.2 Å². The number of hydrogen-bond donors (Lipinski definition) is 3. The van der Waals surface area contributed by atoms with Crippen LogP contribution in [0, 0.1) is 35.5 Å². The van der Waals surface area contributed by atoms with Crippen molar-refractivity contribution in [2.75, 3.05) is 94.8 Å². The molecule has 103 heavy (non-hydrogen) atoms. The Labute approximate surface area is 611 Å². The second-order valence-corrected chi connectivity index (χ2v) is 32.0. The van der Waals surface area contributed by atoms with E-state index >= 15 is 38.4 Å². The van der Waals surface area contributed by atoms with Crippen molar-refractivity contribution in [3.63, 3.8) is 0 Å². The van der Waals surface area contributed by atoms with Crippen LogP contribution >= 0.6 is 11.6 Å². The van der Waals surface area contributed by atoms with Crippen molar-refractivity contribution < 1.29 is 75.4 Å². The molecule has 4 aliphatic carbocycles. The predicted molar refractivity (Wildman–Crippen MR) is 379 cm³/mol. The fraction of sp³-hybridized carbons (Fsp3) is 0.811.